The standard InChI is InChI=1S/C14H20N4O/c1-10(2)8-16-14(19)5-6-18-9-17-12-7-11(15)3-4-13(12)18/h3-4,7,9-10H,5-6,8,15H2,1-2H3,(H,16,19). The third kappa shape index (κ3) is 3.47. The number of hydrogen-bond donors (Lipinski definition) is 2. The van der Waals surface area contributed by atoms with Crippen molar-refractivity contribution in [2.75, 3.05) is 12.3 Å². The van der Waals surface area contributed by atoms with Crippen molar-refractivity contribution in [1.82, 2.24) is 14.9 Å². The van der Waals surface area contributed by atoms with E-state index in [0.717, 1.165) is 17.6 Å². The minimum Gasteiger partial charge on any atom is -0.399 e. The third-order valence-corrected chi connectivity index (χ3v) is 2.93. The molecule has 1 aromatic carbocycles. The van der Waals surface area contributed by atoms with Gasteiger partial charge in [-0.25, -0.2) is 4.98 Å². The molecular weight excluding hydrogens is 240 g/mol. The summed E-state index contributed by atoms with van der Waals surface area (Å²) in [7, 11) is 0. The number of fused-ring (bicyclic) bond motifs is 1. The fraction of sp³-hybridized carbons (Fsp3) is 0.429. The minimum absolute atomic E-state index is 0.0750. The van der Waals surface area contributed by atoms with E-state index in [0.29, 0.717) is 24.6 Å². The molecule has 0 aliphatic rings. The molecule has 2 rings (SSSR count). The first-order valence-corrected chi connectivity index (χ1v) is 6.53. The second kappa shape index (κ2) is 5.73. The number of nitrogen functional groups attached to an aromatic ring is 1. The van der Waals surface area contributed by atoms with Crippen LogP contribution in [0, 0.1) is 5.92 Å². The molecule has 1 heterocycles. The summed E-state index contributed by atoms with van der Waals surface area (Å²) in [4.78, 5) is 16.0. The molecule has 0 bridgehead atoms. The highest BCUT2D eigenvalue weighted by Gasteiger charge is 2.06. The average molecular weight is 260 g/mol. The first-order valence-electron chi connectivity index (χ1n) is 6.53. The number of hydrogen-bond acceptors (Lipinski definition) is 3. The summed E-state index contributed by atoms with van der Waals surface area (Å²) in [6.07, 6.45) is 2.21. The summed E-state index contributed by atoms with van der Waals surface area (Å²) in [5, 5.41) is 2.91. The number of amides is 1. The van der Waals surface area contributed by atoms with E-state index >= 15 is 0 Å². The van der Waals surface area contributed by atoms with Crippen LogP contribution in [0.2, 0.25) is 0 Å². The van der Waals surface area contributed by atoms with E-state index in [2.05, 4.69) is 24.1 Å². The zero-order valence-corrected chi connectivity index (χ0v) is 11.4. The Labute approximate surface area is 112 Å². The lowest BCUT2D eigenvalue weighted by Crippen LogP contribution is -2.27. The lowest BCUT2D eigenvalue weighted by Gasteiger charge is -2.08. The van der Waals surface area contributed by atoms with Gasteiger partial charge in [-0.15, -0.1) is 0 Å². The number of rotatable bonds is 5. The Kier molecular flexibility index (Phi) is 4.04. The SMILES string of the molecule is CC(C)CNC(=O)CCn1cnc2cc(N)ccc21. The highest BCUT2D eigenvalue weighted by molar-refractivity contribution is 5.79. The van der Waals surface area contributed by atoms with Gasteiger partial charge < -0.3 is 15.6 Å². The molecular formula is C14H20N4O. The second-order valence-electron chi connectivity index (χ2n) is 5.13. The smallest absolute Gasteiger partial charge is 0.221 e. The Balaban J connectivity index is 1.96. The molecule has 0 aliphatic carbocycles. The predicted molar refractivity (Wildman–Crippen MR) is 76.6 cm³/mol. The van der Waals surface area contributed by atoms with Gasteiger partial charge in [-0.05, 0) is 24.1 Å². The average Bonchev–Trinajstić information content (AvgIpc) is 2.76. The van der Waals surface area contributed by atoms with E-state index in [9.17, 15) is 4.79 Å². The van der Waals surface area contributed by atoms with Gasteiger partial charge in [-0.2, -0.15) is 0 Å². The van der Waals surface area contributed by atoms with Crippen LogP contribution in [0.5, 0.6) is 0 Å². The lowest BCUT2D eigenvalue weighted by atomic mass is 10.2. The molecule has 2 aromatic rings. The van der Waals surface area contributed by atoms with Crippen molar-refractivity contribution in [1.29, 1.82) is 0 Å². The predicted octanol–water partition coefficient (Wildman–Crippen LogP) is 1.78. The Morgan fingerprint density at radius 2 is 2.26 bits per heavy atom. The van der Waals surface area contributed by atoms with E-state index in [1.165, 1.54) is 0 Å². The van der Waals surface area contributed by atoms with Gasteiger partial charge >= 0.3 is 0 Å². The fourth-order valence-electron chi connectivity index (χ4n) is 1.89. The lowest BCUT2D eigenvalue weighted by molar-refractivity contribution is -0.121. The van der Waals surface area contributed by atoms with Crippen molar-refractivity contribution in [3.05, 3.63) is 24.5 Å². The molecule has 0 fully saturated rings. The van der Waals surface area contributed by atoms with Crippen LogP contribution >= 0.6 is 0 Å². The molecule has 0 atom stereocenters. The quantitative estimate of drug-likeness (QED) is 0.805. The summed E-state index contributed by atoms with van der Waals surface area (Å²) >= 11 is 0. The van der Waals surface area contributed by atoms with Crippen LogP contribution in [0.4, 0.5) is 5.69 Å². The van der Waals surface area contributed by atoms with Crippen LogP contribution in [0.1, 0.15) is 20.3 Å². The van der Waals surface area contributed by atoms with Crippen LogP contribution in [0.3, 0.4) is 0 Å². The van der Waals surface area contributed by atoms with Gasteiger partial charge in [0, 0.05) is 25.2 Å². The molecule has 1 aromatic heterocycles. The number of carbonyl (C=O) groups is 1. The van der Waals surface area contributed by atoms with Crippen molar-refractivity contribution in [2.24, 2.45) is 5.92 Å². The van der Waals surface area contributed by atoms with Crippen LogP contribution in [0.25, 0.3) is 11.0 Å². The Morgan fingerprint density at radius 1 is 1.47 bits per heavy atom. The Bertz CT molecular complexity index is 574. The maximum absolute atomic E-state index is 11.7. The fourth-order valence-corrected chi connectivity index (χ4v) is 1.89. The maximum atomic E-state index is 11.7. The van der Waals surface area contributed by atoms with E-state index < -0.39 is 0 Å². The Morgan fingerprint density at radius 3 is 3.00 bits per heavy atom. The van der Waals surface area contributed by atoms with Crippen LogP contribution in [0.15, 0.2) is 24.5 Å². The molecule has 0 spiro atoms. The van der Waals surface area contributed by atoms with Gasteiger partial charge in [-0.1, -0.05) is 13.8 Å². The molecule has 0 unspecified atom stereocenters. The molecule has 102 valence electrons. The largest absolute Gasteiger partial charge is 0.399 e. The zero-order chi connectivity index (χ0) is 13.8. The van der Waals surface area contributed by atoms with E-state index in [1.807, 2.05) is 22.8 Å². The maximum Gasteiger partial charge on any atom is 0.221 e. The third-order valence-electron chi connectivity index (χ3n) is 2.93. The topological polar surface area (TPSA) is 72.9 Å². The number of aromatic nitrogens is 2. The monoisotopic (exact) mass is 260 g/mol. The van der Waals surface area contributed by atoms with Gasteiger partial charge in [0.1, 0.15) is 0 Å². The molecule has 0 saturated heterocycles. The molecule has 0 radical (unpaired) electrons. The summed E-state index contributed by atoms with van der Waals surface area (Å²) in [6, 6.07) is 5.62. The van der Waals surface area contributed by atoms with Gasteiger partial charge in [0.25, 0.3) is 0 Å². The molecule has 1 amide bonds. The highest BCUT2D eigenvalue weighted by atomic mass is 16.1. The molecule has 19 heavy (non-hydrogen) atoms. The van der Waals surface area contributed by atoms with Crippen LogP contribution in [-0.4, -0.2) is 22.0 Å². The number of anilines is 1. The van der Waals surface area contributed by atoms with Crippen LogP contribution < -0.4 is 11.1 Å². The van der Waals surface area contributed by atoms with E-state index in [4.69, 9.17) is 5.73 Å². The summed E-state index contributed by atoms with van der Waals surface area (Å²) in [5.41, 5.74) is 8.28. The number of nitrogens with one attached hydrogen (secondary N) is 1. The van der Waals surface area contributed by atoms with Gasteiger partial charge in [0.2, 0.25) is 5.91 Å². The zero-order valence-electron chi connectivity index (χ0n) is 11.4. The number of nitrogens with zero attached hydrogens (tertiary/aromatic N) is 2. The number of nitrogens with two attached hydrogens (primary N) is 1. The number of carbonyl (C=O) groups excluding carboxylic acids is 1. The minimum atomic E-state index is 0.0750. The van der Waals surface area contributed by atoms with E-state index in [1.54, 1.807) is 6.33 Å². The molecule has 0 aliphatic heterocycles. The molecule has 5 heteroatoms. The first kappa shape index (κ1) is 13.4. The summed E-state index contributed by atoms with van der Waals surface area (Å²) in [5.74, 6) is 0.548. The highest BCUT2D eigenvalue weighted by Crippen LogP contribution is 2.16. The van der Waals surface area contributed by atoms with Crippen molar-refractivity contribution < 1.29 is 4.79 Å². The number of aryl methyl sites for hydroxylation is 1. The first-order chi connectivity index (χ1) is 9.06. The normalized spacial score (nSPS) is 11.1. The van der Waals surface area contributed by atoms with Crippen molar-refractivity contribution in [3.8, 4) is 0 Å². The van der Waals surface area contributed by atoms with Crippen LogP contribution in [-0.2, 0) is 11.3 Å². The van der Waals surface area contributed by atoms with Crippen molar-refractivity contribution in [2.45, 2.75) is 26.8 Å². The molecule has 5 nitrogen and oxygen atoms in total. The second-order valence-corrected chi connectivity index (χ2v) is 5.13. The van der Waals surface area contributed by atoms with E-state index in [-0.39, 0.29) is 5.91 Å². The Hall–Kier alpha value is -2.04. The van der Waals surface area contributed by atoms with Gasteiger partial charge in [0.05, 0.1) is 17.4 Å². The summed E-state index contributed by atoms with van der Waals surface area (Å²) < 4.78 is 1.98. The molecule has 3 N–H and O–H groups in total. The van der Waals surface area contributed by atoms with Crippen molar-refractivity contribution in [3.63, 3.8) is 0 Å². The van der Waals surface area contributed by atoms with Crippen molar-refractivity contribution >= 4 is 22.6 Å². The summed E-state index contributed by atoms with van der Waals surface area (Å²) in [6.45, 7) is 5.51. The van der Waals surface area contributed by atoms with Gasteiger partial charge in [0.15, 0.2) is 0 Å². The number of benzene rings is 1. The number of imidazole rings is 1. The molecule has 0 saturated carbocycles. The van der Waals surface area contributed by atoms with Gasteiger partial charge in [-0.3, -0.25) is 4.79 Å².